The van der Waals surface area contributed by atoms with Gasteiger partial charge in [0.1, 0.15) is 11.3 Å². The summed E-state index contributed by atoms with van der Waals surface area (Å²) in [5.74, 6) is 1.21. The Morgan fingerprint density at radius 1 is 1.22 bits per heavy atom. The van der Waals surface area contributed by atoms with Crippen molar-refractivity contribution in [3.8, 4) is 11.5 Å². The van der Waals surface area contributed by atoms with Crippen LogP contribution in [0.5, 0.6) is 0 Å². The standard InChI is InChI=1S/C16H15N5O2/c22-14-7-10(8-21(14)11-4-5-11)16-18-15(19-23-16)12-9-20-6-2-1-3-13(20)17-12/h1-3,6,9-11H,4-5,7-8H2/t10-/m1/s1. The van der Waals surface area contributed by atoms with Crippen molar-refractivity contribution in [1.29, 1.82) is 0 Å². The lowest BCUT2D eigenvalue weighted by molar-refractivity contribution is -0.128. The molecule has 0 radical (unpaired) electrons. The Labute approximate surface area is 131 Å². The second-order valence-corrected chi connectivity index (χ2v) is 6.23. The van der Waals surface area contributed by atoms with Gasteiger partial charge in [0.2, 0.25) is 17.6 Å². The lowest BCUT2D eigenvalue weighted by Crippen LogP contribution is -2.27. The van der Waals surface area contributed by atoms with E-state index in [1.807, 2.05) is 39.9 Å². The van der Waals surface area contributed by atoms with Gasteiger partial charge in [-0.1, -0.05) is 11.2 Å². The average Bonchev–Trinajstić information content (AvgIpc) is 3.00. The smallest absolute Gasteiger partial charge is 0.232 e. The van der Waals surface area contributed by atoms with Gasteiger partial charge >= 0.3 is 0 Å². The van der Waals surface area contributed by atoms with Crippen molar-refractivity contribution in [1.82, 2.24) is 24.4 Å². The Morgan fingerprint density at radius 2 is 2.13 bits per heavy atom. The molecule has 0 spiro atoms. The average molecular weight is 309 g/mol. The van der Waals surface area contributed by atoms with E-state index in [9.17, 15) is 4.79 Å². The van der Waals surface area contributed by atoms with E-state index in [4.69, 9.17) is 4.52 Å². The molecule has 1 aliphatic heterocycles. The highest BCUT2D eigenvalue weighted by Gasteiger charge is 2.41. The highest BCUT2D eigenvalue weighted by Crippen LogP contribution is 2.36. The van der Waals surface area contributed by atoms with Gasteiger partial charge in [-0.05, 0) is 25.0 Å². The molecule has 0 N–H and O–H groups in total. The number of fused-ring (bicyclic) bond motifs is 1. The summed E-state index contributed by atoms with van der Waals surface area (Å²) in [6, 6.07) is 6.24. The molecule has 1 saturated heterocycles. The lowest BCUT2D eigenvalue weighted by Gasteiger charge is -2.13. The Balaban J connectivity index is 1.43. The van der Waals surface area contributed by atoms with Gasteiger partial charge in [-0.2, -0.15) is 4.98 Å². The van der Waals surface area contributed by atoms with Gasteiger partial charge < -0.3 is 13.8 Å². The number of imidazole rings is 1. The van der Waals surface area contributed by atoms with Crippen LogP contribution in [0.2, 0.25) is 0 Å². The molecule has 1 aliphatic carbocycles. The van der Waals surface area contributed by atoms with E-state index in [1.54, 1.807) is 0 Å². The third kappa shape index (κ3) is 2.11. The first kappa shape index (κ1) is 12.8. The Hall–Kier alpha value is -2.70. The fourth-order valence-corrected chi connectivity index (χ4v) is 3.18. The van der Waals surface area contributed by atoms with E-state index >= 15 is 0 Å². The zero-order valence-corrected chi connectivity index (χ0v) is 12.4. The second-order valence-electron chi connectivity index (χ2n) is 6.23. The van der Waals surface area contributed by atoms with Crippen molar-refractivity contribution in [2.75, 3.05) is 6.54 Å². The van der Waals surface area contributed by atoms with Crippen LogP contribution in [0, 0.1) is 0 Å². The molecule has 0 bridgehead atoms. The van der Waals surface area contributed by atoms with Crippen molar-refractivity contribution in [3.05, 3.63) is 36.5 Å². The lowest BCUT2D eigenvalue weighted by atomic mass is 10.1. The van der Waals surface area contributed by atoms with Crippen LogP contribution in [0.4, 0.5) is 0 Å². The third-order valence-corrected chi connectivity index (χ3v) is 4.53. The molecule has 1 atom stereocenters. The van der Waals surface area contributed by atoms with Crippen LogP contribution in [0.3, 0.4) is 0 Å². The summed E-state index contributed by atoms with van der Waals surface area (Å²) in [6.07, 6.45) is 6.50. The highest BCUT2D eigenvalue weighted by molar-refractivity contribution is 5.80. The van der Waals surface area contributed by atoms with E-state index in [-0.39, 0.29) is 11.8 Å². The summed E-state index contributed by atoms with van der Waals surface area (Å²) in [5, 5.41) is 4.05. The highest BCUT2D eigenvalue weighted by atomic mass is 16.5. The van der Waals surface area contributed by atoms with E-state index in [0.29, 0.717) is 36.4 Å². The summed E-state index contributed by atoms with van der Waals surface area (Å²) >= 11 is 0. The van der Waals surface area contributed by atoms with Crippen LogP contribution in [0.25, 0.3) is 17.2 Å². The largest absolute Gasteiger partial charge is 0.339 e. The molecule has 0 unspecified atom stereocenters. The van der Waals surface area contributed by atoms with Gasteiger partial charge in [-0.3, -0.25) is 4.79 Å². The Kier molecular flexibility index (Phi) is 2.59. The molecule has 7 heteroatoms. The predicted octanol–water partition coefficient (Wildman–Crippen LogP) is 1.86. The van der Waals surface area contributed by atoms with Crippen LogP contribution < -0.4 is 0 Å². The molecule has 116 valence electrons. The van der Waals surface area contributed by atoms with Crippen molar-refractivity contribution in [2.45, 2.75) is 31.2 Å². The minimum atomic E-state index is 0.00128. The van der Waals surface area contributed by atoms with Gasteiger partial charge in [0.25, 0.3) is 0 Å². The Bertz CT molecular complexity index is 862. The summed E-state index contributed by atoms with van der Waals surface area (Å²) in [5.41, 5.74) is 1.51. The van der Waals surface area contributed by atoms with Crippen LogP contribution in [0.15, 0.2) is 35.1 Å². The third-order valence-electron chi connectivity index (χ3n) is 4.53. The zero-order valence-electron chi connectivity index (χ0n) is 12.4. The molecule has 2 fully saturated rings. The number of pyridine rings is 1. The molecular weight excluding hydrogens is 294 g/mol. The number of hydrogen-bond acceptors (Lipinski definition) is 5. The van der Waals surface area contributed by atoms with Crippen LogP contribution in [-0.4, -0.2) is 42.9 Å². The molecule has 3 aromatic rings. The summed E-state index contributed by atoms with van der Waals surface area (Å²) in [4.78, 5) is 23.0. The number of amides is 1. The maximum absolute atomic E-state index is 12.1. The van der Waals surface area contributed by atoms with E-state index in [0.717, 1.165) is 18.5 Å². The van der Waals surface area contributed by atoms with Crippen LogP contribution in [0.1, 0.15) is 31.1 Å². The van der Waals surface area contributed by atoms with Crippen molar-refractivity contribution in [3.63, 3.8) is 0 Å². The maximum atomic E-state index is 12.1. The number of carbonyl (C=O) groups excluding carboxylic acids is 1. The molecule has 3 aromatic heterocycles. The van der Waals surface area contributed by atoms with Gasteiger partial charge in [-0.15, -0.1) is 0 Å². The summed E-state index contributed by atoms with van der Waals surface area (Å²) in [7, 11) is 0. The molecule has 5 rings (SSSR count). The van der Waals surface area contributed by atoms with E-state index < -0.39 is 0 Å². The molecule has 23 heavy (non-hydrogen) atoms. The van der Waals surface area contributed by atoms with Crippen molar-refractivity contribution in [2.24, 2.45) is 0 Å². The van der Waals surface area contributed by atoms with Gasteiger partial charge in [0, 0.05) is 31.4 Å². The number of carbonyl (C=O) groups is 1. The molecule has 2 aliphatic rings. The molecule has 0 aromatic carbocycles. The molecular formula is C16H15N5O2. The number of aromatic nitrogens is 4. The first-order valence-corrected chi connectivity index (χ1v) is 7.85. The number of nitrogens with zero attached hydrogens (tertiary/aromatic N) is 5. The monoisotopic (exact) mass is 309 g/mol. The molecule has 1 amide bonds. The van der Waals surface area contributed by atoms with Crippen molar-refractivity contribution >= 4 is 11.6 Å². The molecule has 4 heterocycles. The fraction of sp³-hybridized carbons (Fsp3) is 0.375. The van der Waals surface area contributed by atoms with Gasteiger partial charge in [-0.25, -0.2) is 4.98 Å². The van der Waals surface area contributed by atoms with Gasteiger partial charge in [0.05, 0.1) is 5.92 Å². The maximum Gasteiger partial charge on any atom is 0.232 e. The summed E-state index contributed by atoms with van der Waals surface area (Å²) < 4.78 is 7.32. The first-order chi connectivity index (χ1) is 11.3. The van der Waals surface area contributed by atoms with Crippen LogP contribution in [-0.2, 0) is 4.79 Å². The quantitative estimate of drug-likeness (QED) is 0.738. The van der Waals surface area contributed by atoms with Gasteiger partial charge in [0.15, 0.2) is 0 Å². The minimum absolute atomic E-state index is 0.00128. The molecule has 1 saturated carbocycles. The van der Waals surface area contributed by atoms with Crippen LogP contribution >= 0.6 is 0 Å². The predicted molar refractivity (Wildman–Crippen MR) is 80.6 cm³/mol. The number of hydrogen-bond donors (Lipinski definition) is 0. The minimum Gasteiger partial charge on any atom is -0.339 e. The topological polar surface area (TPSA) is 76.5 Å². The van der Waals surface area contributed by atoms with E-state index in [2.05, 4.69) is 15.1 Å². The van der Waals surface area contributed by atoms with E-state index in [1.165, 1.54) is 0 Å². The fourth-order valence-electron chi connectivity index (χ4n) is 3.18. The van der Waals surface area contributed by atoms with Crippen molar-refractivity contribution < 1.29 is 9.32 Å². The zero-order chi connectivity index (χ0) is 15.4. The number of rotatable bonds is 3. The molecule has 7 nitrogen and oxygen atoms in total. The SMILES string of the molecule is O=C1C[C@@H](c2nc(-c3cn4ccccc4n3)no2)CN1C1CC1. The first-order valence-electron chi connectivity index (χ1n) is 7.85. The second kappa shape index (κ2) is 4.65. The summed E-state index contributed by atoms with van der Waals surface area (Å²) in [6.45, 7) is 0.691. The Morgan fingerprint density at radius 3 is 2.96 bits per heavy atom. The number of likely N-dealkylation sites (tertiary alicyclic amines) is 1. The normalized spacial score (nSPS) is 21.5.